The van der Waals surface area contributed by atoms with Gasteiger partial charge in [0.1, 0.15) is 22.2 Å². The highest BCUT2D eigenvalue weighted by Crippen LogP contribution is 2.27. The Hall–Kier alpha value is -2.06. The van der Waals surface area contributed by atoms with Gasteiger partial charge in [-0.3, -0.25) is 0 Å². The van der Waals surface area contributed by atoms with Gasteiger partial charge in [-0.05, 0) is 19.1 Å². The maximum atomic E-state index is 12.4. The molecule has 0 unspecified atom stereocenters. The molecule has 8 heteroatoms. The van der Waals surface area contributed by atoms with E-state index in [0.29, 0.717) is 23.8 Å². The summed E-state index contributed by atoms with van der Waals surface area (Å²) in [7, 11) is -0.842. The number of oxazole rings is 1. The van der Waals surface area contributed by atoms with Crippen molar-refractivity contribution in [2.45, 2.75) is 18.2 Å². The van der Waals surface area contributed by atoms with E-state index in [0.717, 1.165) is 0 Å². The van der Waals surface area contributed by atoms with Crippen molar-refractivity contribution in [3.63, 3.8) is 0 Å². The minimum atomic E-state index is -3.72. The standard InChI is InChI=1S/C14H18N2O5S/c1-10-9-15-14(21-10)6-7-16-22(17,18)13-8-11(19-2)4-5-12(13)20-3/h4-5,8-9,16H,6-7H2,1-3H3. The van der Waals surface area contributed by atoms with Crippen LogP contribution >= 0.6 is 0 Å². The molecule has 1 aromatic carbocycles. The van der Waals surface area contributed by atoms with Gasteiger partial charge in [0.25, 0.3) is 0 Å². The van der Waals surface area contributed by atoms with Gasteiger partial charge in [-0.25, -0.2) is 18.1 Å². The number of ether oxygens (including phenoxy) is 2. The van der Waals surface area contributed by atoms with Crippen LogP contribution in [0, 0.1) is 6.92 Å². The minimum absolute atomic E-state index is 0.0259. The van der Waals surface area contributed by atoms with Crippen molar-refractivity contribution in [3.05, 3.63) is 36.0 Å². The van der Waals surface area contributed by atoms with E-state index in [1.165, 1.54) is 20.3 Å². The highest BCUT2D eigenvalue weighted by atomic mass is 32.2. The van der Waals surface area contributed by atoms with Gasteiger partial charge in [0.05, 0.1) is 20.4 Å². The largest absolute Gasteiger partial charge is 0.497 e. The lowest BCUT2D eigenvalue weighted by Gasteiger charge is -2.11. The predicted molar refractivity (Wildman–Crippen MR) is 79.7 cm³/mol. The summed E-state index contributed by atoms with van der Waals surface area (Å²) < 4.78 is 42.7. The number of hydrogen-bond acceptors (Lipinski definition) is 6. The Morgan fingerprint density at radius 1 is 1.27 bits per heavy atom. The Morgan fingerprint density at radius 2 is 2.05 bits per heavy atom. The molecule has 1 N–H and O–H groups in total. The first-order valence-corrected chi connectivity index (χ1v) is 8.07. The average molecular weight is 326 g/mol. The van der Waals surface area contributed by atoms with Crippen molar-refractivity contribution in [1.29, 1.82) is 0 Å². The summed E-state index contributed by atoms with van der Waals surface area (Å²) in [5.74, 6) is 1.86. The second-order valence-electron chi connectivity index (χ2n) is 4.53. The van der Waals surface area contributed by atoms with Crippen LogP contribution in [0.1, 0.15) is 11.7 Å². The number of rotatable bonds is 7. The van der Waals surface area contributed by atoms with Gasteiger partial charge in [-0.2, -0.15) is 0 Å². The number of nitrogens with one attached hydrogen (secondary N) is 1. The van der Waals surface area contributed by atoms with Crippen LogP contribution < -0.4 is 14.2 Å². The zero-order valence-electron chi connectivity index (χ0n) is 12.6. The van der Waals surface area contributed by atoms with E-state index < -0.39 is 10.0 Å². The van der Waals surface area contributed by atoms with E-state index in [4.69, 9.17) is 13.9 Å². The number of aryl methyl sites for hydroxylation is 1. The molecule has 1 heterocycles. The second-order valence-corrected chi connectivity index (χ2v) is 6.26. The van der Waals surface area contributed by atoms with Gasteiger partial charge >= 0.3 is 0 Å². The van der Waals surface area contributed by atoms with Crippen LogP contribution in [0.25, 0.3) is 0 Å². The third kappa shape index (κ3) is 3.77. The van der Waals surface area contributed by atoms with Crippen molar-refractivity contribution in [1.82, 2.24) is 9.71 Å². The molecule has 120 valence electrons. The fourth-order valence-electron chi connectivity index (χ4n) is 1.88. The third-order valence-electron chi connectivity index (χ3n) is 2.96. The van der Waals surface area contributed by atoms with Gasteiger partial charge in [-0.1, -0.05) is 0 Å². The molecule has 2 rings (SSSR count). The summed E-state index contributed by atoms with van der Waals surface area (Å²) in [5, 5.41) is 0. The Morgan fingerprint density at radius 3 is 2.64 bits per heavy atom. The maximum absolute atomic E-state index is 12.4. The van der Waals surface area contributed by atoms with Crippen LogP contribution in [0.15, 0.2) is 33.7 Å². The summed E-state index contributed by atoms with van der Waals surface area (Å²) in [4.78, 5) is 4.05. The second kappa shape index (κ2) is 6.80. The quantitative estimate of drug-likeness (QED) is 0.829. The zero-order chi connectivity index (χ0) is 16.2. The first kappa shape index (κ1) is 16.3. The van der Waals surface area contributed by atoms with Gasteiger partial charge < -0.3 is 13.9 Å². The predicted octanol–water partition coefficient (Wildman–Crippen LogP) is 1.52. The van der Waals surface area contributed by atoms with Gasteiger partial charge in [0.2, 0.25) is 10.0 Å². The molecule has 0 bridgehead atoms. The molecule has 0 saturated heterocycles. The summed E-state index contributed by atoms with van der Waals surface area (Å²) in [6.07, 6.45) is 1.95. The molecule has 0 fully saturated rings. The lowest BCUT2D eigenvalue weighted by molar-refractivity contribution is 0.392. The van der Waals surface area contributed by atoms with Crippen molar-refractivity contribution in [2.75, 3.05) is 20.8 Å². The number of methoxy groups -OCH3 is 2. The lowest BCUT2D eigenvalue weighted by atomic mass is 10.3. The average Bonchev–Trinajstić information content (AvgIpc) is 2.91. The van der Waals surface area contributed by atoms with E-state index >= 15 is 0 Å². The molecule has 2 aromatic rings. The summed E-state index contributed by atoms with van der Waals surface area (Å²) in [5.41, 5.74) is 0. The first-order valence-electron chi connectivity index (χ1n) is 6.59. The third-order valence-corrected chi connectivity index (χ3v) is 4.44. The Bertz CT molecular complexity index is 739. The summed E-state index contributed by atoms with van der Waals surface area (Å²) in [6, 6.07) is 4.59. The fraction of sp³-hybridized carbons (Fsp3) is 0.357. The number of sulfonamides is 1. The fourth-order valence-corrected chi connectivity index (χ4v) is 3.09. The lowest BCUT2D eigenvalue weighted by Crippen LogP contribution is -2.26. The Balaban J connectivity index is 2.12. The molecule has 1 aromatic heterocycles. The normalized spacial score (nSPS) is 11.4. The number of nitrogens with zero attached hydrogens (tertiary/aromatic N) is 1. The van der Waals surface area contributed by atoms with Gasteiger partial charge in [0, 0.05) is 19.0 Å². The first-order chi connectivity index (χ1) is 10.5. The van der Waals surface area contributed by atoms with Crippen LogP contribution in [0.4, 0.5) is 0 Å². The molecule has 0 aliphatic rings. The molecule has 0 aliphatic heterocycles. The van der Waals surface area contributed by atoms with Crippen LogP contribution in [0.2, 0.25) is 0 Å². The summed E-state index contributed by atoms with van der Waals surface area (Å²) >= 11 is 0. The molecular formula is C14H18N2O5S. The zero-order valence-corrected chi connectivity index (χ0v) is 13.4. The number of hydrogen-bond donors (Lipinski definition) is 1. The molecule has 7 nitrogen and oxygen atoms in total. The van der Waals surface area contributed by atoms with E-state index in [2.05, 4.69) is 9.71 Å². The van der Waals surface area contributed by atoms with Crippen LogP contribution in [-0.2, 0) is 16.4 Å². The Kier molecular flexibility index (Phi) is 5.04. The van der Waals surface area contributed by atoms with E-state index in [1.807, 2.05) is 0 Å². The molecule has 0 radical (unpaired) electrons. The van der Waals surface area contributed by atoms with Gasteiger partial charge in [-0.15, -0.1) is 0 Å². The minimum Gasteiger partial charge on any atom is -0.497 e. The molecular weight excluding hydrogens is 308 g/mol. The molecule has 0 amide bonds. The van der Waals surface area contributed by atoms with E-state index in [9.17, 15) is 8.42 Å². The van der Waals surface area contributed by atoms with Crippen molar-refractivity contribution in [2.24, 2.45) is 0 Å². The number of benzene rings is 1. The van der Waals surface area contributed by atoms with E-state index in [-0.39, 0.29) is 17.2 Å². The maximum Gasteiger partial charge on any atom is 0.244 e. The van der Waals surface area contributed by atoms with Crippen molar-refractivity contribution >= 4 is 10.0 Å². The molecule has 0 spiro atoms. The monoisotopic (exact) mass is 326 g/mol. The number of aromatic nitrogens is 1. The van der Waals surface area contributed by atoms with Crippen molar-refractivity contribution < 1.29 is 22.3 Å². The SMILES string of the molecule is COc1ccc(OC)c(S(=O)(=O)NCCc2ncc(C)o2)c1. The summed E-state index contributed by atoms with van der Waals surface area (Å²) in [6.45, 7) is 1.95. The molecule has 22 heavy (non-hydrogen) atoms. The molecule has 0 aliphatic carbocycles. The molecule has 0 atom stereocenters. The highest BCUT2D eigenvalue weighted by Gasteiger charge is 2.20. The molecule has 0 saturated carbocycles. The topological polar surface area (TPSA) is 90.7 Å². The van der Waals surface area contributed by atoms with E-state index in [1.54, 1.807) is 25.3 Å². The van der Waals surface area contributed by atoms with Crippen molar-refractivity contribution in [3.8, 4) is 11.5 Å². The smallest absolute Gasteiger partial charge is 0.244 e. The van der Waals surface area contributed by atoms with Gasteiger partial charge in [0.15, 0.2) is 5.89 Å². The van der Waals surface area contributed by atoms with Crippen LogP contribution in [0.5, 0.6) is 11.5 Å². The Labute approximate surface area is 129 Å². The van der Waals surface area contributed by atoms with Crippen LogP contribution in [-0.4, -0.2) is 34.2 Å². The van der Waals surface area contributed by atoms with Crippen LogP contribution in [0.3, 0.4) is 0 Å². The highest BCUT2D eigenvalue weighted by molar-refractivity contribution is 7.89.